The lowest BCUT2D eigenvalue weighted by Crippen LogP contribution is -2.41. The number of hydrogen-bond acceptors (Lipinski definition) is 5. The van der Waals surface area contributed by atoms with Crippen molar-refractivity contribution in [2.24, 2.45) is 5.92 Å². The molecular weight excluding hydrogens is 352 g/mol. The monoisotopic (exact) mass is 382 g/mol. The molecule has 2 fully saturated rings. The van der Waals surface area contributed by atoms with Gasteiger partial charge in [-0.3, -0.25) is 4.90 Å². The highest BCUT2D eigenvalue weighted by atomic mass is 32.2. The Morgan fingerprint density at radius 2 is 1.88 bits per heavy atom. The van der Waals surface area contributed by atoms with Crippen LogP contribution >= 0.6 is 0 Å². The van der Waals surface area contributed by atoms with E-state index >= 15 is 0 Å². The zero-order valence-corrected chi connectivity index (χ0v) is 16.8. The molecule has 0 amide bonds. The minimum Gasteiger partial charge on any atom is -0.379 e. The van der Waals surface area contributed by atoms with Gasteiger partial charge in [0.25, 0.3) is 0 Å². The third-order valence-corrected chi connectivity index (χ3v) is 7.75. The minimum absolute atomic E-state index is 0.141. The summed E-state index contributed by atoms with van der Waals surface area (Å²) in [5.74, 6) is 0.421. The van der Waals surface area contributed by atoms with Gasteiger partial charge in [-0.15, -0.1) is 0 Å². The predicted molar refractivity (Wildman–Crippen MR) is 100 cm³/mol. The van der Waals surface area contributed by atoms with Gasteiger partial charge in [-0.05, 0) is 24.0 Å². The number of methoxy groups -OCH3 is 1. The Hall–Kier alpha value is -0.990. The lowest BCUT2D eigenvalue weighted by molar-refractivity contribution is -0.0388. The molecule has 2 aliphatic heterocycles. The van der Waals surface area contributed by atoms with E-state index in [1.54, 1.807) is 19.2 Å². The van der Waals surface area contributed by atoms with Gasteiger partial charge in [-0.1, -0.05) is 32.0 Å². The van der Waals surface area contributed by atoms with Crippen LogP contribution in [0.4, 0.5) is 0 Å². The molecule has 1 unspecified atom stereocenters. The molecular formula is C19H30N2O4S. The number of hydrogen-bond donors (Lipinski definition) is 0. The lowest BCUT2D eigenvalue weighted by Gasteiger charge is -2.32. The molecule has 2 aliphatic rings. The molecule has 0 aromatic heterocycles. The molecule has 2 heterocycles. The molecule has 26 heavy (non-hydrogen) atoms. The average Bonchev–Trinajstić information content (AvgIpc) is 3.07. The first-order valence-electron chi connectivity index (χ1n) is 9.32. The van der Waals surface area contributed by atoms with Gasteiger partial charge in [-0.25, -0.2) is 8.42 Å². The number of sulfonamides is 1. The second kappa shape index (κ2) is 7.94. The summed E-state index contributed by atoms with van der Waals surface area (Å²) in [5, 5.41) is 0. The van der Waals surface area contributed by atoms with E-state index in [-0.39, 0.29) is 5.60 Å². The van der Waals surface area contributed by atoms with Gasteiger partial charge < -0.3 is 9.47 Å². The van der Waals surface area contributed by atoms with Crippen molar-refractivity contribution in [3.8, 4) is 0 Å². The van der Waals surface area contributed by atoms with Crippen molar-refractivity contribution in [3.63, 3.8) is 0 Å². The maximum absolute atomic E-state index is 13.1. The van der Waals surface area contributed by atoms with Crippen LogP contribution in [0.2, 0.25) is 0 Å². The maximum atomic E-state index is 13.1. The third kappa shape index (κ3) is 3.82. The SMILES string of the molecule is COC1(C(C)C)CCN(Cc2ccccc2S(=O)(=O)N2CCOCC2)C1. The van der Waals surface area contributed by atoms with Crippen LogP contribution in [0.3, 0.4) is 0 Å². The Balaban J connectivity index is 1.80. The van der Waals surface area contributed by atoms with Crippen LogP contribution in [0, 0.1) is 5.92 Å². The number of rotatable bonds is 6. The standard InChI is InChI=1S/C19H30N2O4S/c1-16(2)19(24-3)8-9-20(15-19)14-17-6-4-5-7-18(17)26(22,23)21-10-12-25-13-11-21/h4-7,16H,8-15H2,1-3H3. The molecule has 6 nitrogen and oxygen atoms in total. The van der Waals surface area contributed by atoms with Crippen molar-refractivity contribution in [2.75, 3.05) is 46.5 Å². The first-order chi connectivity index (χ1) is 12.4. The van der Waals surface area contributed by atoms with E-state index in [1.165, 1.54) is 4.31 Å². The fraction of sp³-hybridized carbons (Fsp3) is 0.684. The van der Waals surface area contributed by atoms with E-state index in [4.69, 9.17) is 9.47 Å². The average molecular weight is 383 g/mol. The second-order valence-corrected chi connectivity index (χ2v) is 9.41. The molecule has 7 heteroatoms. The van der Waals surface area contributed by atoms with Crippen LogP contribution in [0.25, 0.3) is 0 Å². The topological polar surface area (TPSA) is 59.1 Å². The Kier molecular flexibility index (Phi) is 6.04. The largest absolute Gasteiger partial charge is 0.379 e. The van der Waals surface area contributed by atoms with Crippen LogP contribution in [0.5, 0.6) is 0 Å². The first-order valence-corrected chi connectivity index (χ1v) is 10.8. The molecule has 0 spiro atoms. The zero-order chi connectivity index (χ0) is 18.8. The van der Waals surface area contributed by atoms with Crippen LogP contribution in [0.1, 0.15) is 25.8 Å². The molecule has 0 aliphatic carbocycles. The highest BCUT2D eigenvalue weighted by Crippen LogP contribution is 2.33. The van der Waals surface area contributed by atoms with Crippen LogP contribution in [0.15, 0.2) is 29.2 Å². The molecule has 0 saturated carbocycles. The van der Waals surface area contributed by atoms with Crippen molar-refractivity contribution in [2.45, 2.75) is 37.3 Å². The molecule has 0 N–H and O–H groups in total. The van der Waals surface area contributed by atoms with Gasteiger partial charge in [0.15, 0.2) is 0 Å². The Morgan fingerprint density at radius 1 is 1.19 bits per heavy atom. The zero-order valence-electron chi connectivity index (χ0n) is 16.0. The highest BCUT2D eigenvalue weighted by molar-refractivity contribution is 7.89. The molecule has 1 aromatic carbocycles. The summed E-state index contributed by atoms with van der Waals surface area (Å²) in [6.07, 6.45) is 0.972. The van der Waals surface area contributed by atoms with E-state index < -0.39 is 10.0 Å². The lowest BCUT2D eigenvalue weighted by atomic mass is 9.89. The number of morpholine rings is 1. The summed E-state index contributed by atoms with van der Waals surface area (Å²) in [6.45, 7) is 8.48. The van der Waals surface area contributed by atoms with Gasteiger partial charge in [-0.2, -0.15) is 4.31 Å². The van der Waals surface area contributed by atoms with Gasteiger partial charge in [0.05, 0.1) is 23.7 Å². The van der Waals surface area contributed by atoms with Crippen LogP contribution in [-0.4, -0.2) is 69.7 Å². The number of ether oxygens (including phenoxy) is 2. The quantitative estimate of drug-likeness (QED) is 0.753. The molecule has 1 atom stereocenters. The molecule has 0 radical (unpaired) electrons. The summed E-state index contributed by atoms with van der Waals surface area (Å²) in [7, 11) is -1.71. The van der Waals surface area contributed by atoms with Crippen molar-refractivity contribution >= 4 is 10.0 Å². The smallest absolute Gasteiger partial charge is 0.243 e. The van der Waals surface area contributed by atoms with Crippen molar-refractivity contribution in [1.82, 2.24) is 9.21 Å². The predicted octanol–water partition coefficient (Wildman–Crippen LogP) is 1.95. The summed E-state index contributed by atoms with van der Waals surface area (Å²) in [6, 6.07) is 7.36. The molecule has 1 aromatic rings. The van der Waals surface area contributed by atoms with Crippen LogP contribution < -0.4 is 0 Å². The Bertz CT molecular complexity index is 716. The third-order valence-electron chi connectivity index (χ3n) is 5.76. The summed E-state index contributed by atoms with van der Waals surface area (Å²) in [5.41, 5.74) is 0.715. The number of nitrogens with zero attached hydrogens (tertiary/aromatic N) is 2. The van der Waals surface area contributed by atoms with Gasteiger partial charge >= 0.3 is 0 Å². The Morgan fingerprint density at radius 3 is 2.50 bits per heavy atom. The molecule has 146 valence electrons. The number of benzene rings is 1. The molecule has 3 rings (SSSR count). The van der Waals surface area contributed by atoms with Gasteiger partial charge in [0, 0.05) is 39.8 Å². The van der Waals surface area contributed by atoms with Gasteiger partial charge in [0.1, 0.15) is 0 Å². The van der Waals surface area contributed by atoms with Crippen molar-refractivity contribution in [3.05, 3.63) is 29.8 Å². The maximum Gasteiger partial charge on any atom is 0.243 e. The number of likely N-dealkylation sites (tertiary alicyclic amines) is 1. The normalized spacial score (nSPS) is 25.8. The molecule has 2 saturated heterocycles. The first kappa shape index (κ1) is 19.8. The molecule has 0 bridgehead atoms. The minimum atomic E-state index is -3.49. The summed E-state index contributed by atoms with van der Waals surface area (Å²) < 4.78 is 38.9. The fourth-order valence-electron chi connectivity index (χ4n) is 3.95. The van der Waals surface area contributed by atoms with E-state index in [9.17, 15) is 8.42 Å². The van der Waals surface area contributed by atoms with E-state index in [0.29, 0.717) is 43.7 Å². The van der Waals surface area contributed by atoms with E-state index in [2.05, 4.69) is 18.7 Å². The Labute approximate surface area is 157 Å². The summed E-state index contributed by atoms with van der Waals surface area (Å²) in [4.78, 5) is 2.72. The van der Waals surface area contributed by atoms with Crippen molar-refractivity contribution < 1.29 is 17.9 Å². The second-order valence-electron chi connectivity index (χ2n) is 7.51. The summed E-state index contributed by atoms with van der Waals surface area (Å²) >= 11 is 0. The fourth-order valence-corrected chi connectivity index (χ4v) is 5.57. The highest BCUT2D eigenvalue weighted by Gasteiger charge is 2.41. The van der Waals surface area contributed by atoms with Crippen LogP contribution in [-0.2, 0) is 26.0 Å². The van der Waals surface area contributed by atoms with Gasteiger partial charge in [0.2, 0.25) is 10.0 Å². The van der Waals surface area contributed by atoms with E-state index in [1.807, 2.05) is 12.1 Å². The van der Waals surface area contributed by atoms with E-state index in [0.717, 1.165) is 25.1 Å². The van der Waals surface area contributed by atoms with Crippen molar-refractivity contribution in [1.29, 1.82) is 0 Å².